The van der Waals surface area contributed by atoms with Gasteiger partial charge in [-0.2, -0.15) is 5.10 Å². The van der Waals surface area contributed by atoms with Gasteiger partial charge in [0.15, 0.2) is 0 Å². The predicted molar refractivity (Wildman–Crippen MR) is 86.4 cm³/mol. The Labute approximate surface area is 129 Å². The van der Waals surface area contributed by atoms with Crippen molar-refractivity contribution in [2.75, 3.05) is 13.1 Å². The normalized spacial score (nSPS) is 21.0. The van der Waals surface area contributed by atoms with Crippen molar-refractivity contribution in [1.29, 1.82) is 0 Å². The Balaban J connectivity index is 1.32. The van der Waals surface area contributed by atoms with E-state index in [-0.39, 0.29) is 0 Å². The van der Waals surface area contributed by atoms with Crippen molar-refractivity contribution in [3.63, 3.8) is 0 Å². The van der Waals surface area contributed by atoms with Crippen LogP contribution >= 0.6 is 11.3 Å². The summed E-state index contributed by atoms with van der Waals surface area (Å²) in [6.45, 7) is 3.45. The number of thiophene rings is 1. The van der Waals surface area contributed by atoms with Gasteiger partial charge in [-0.3, -0.25) is 5.10 Å². The largest absolute Gasteiger partial charge is 0.310 e. The van der Waals surface area contributed by atoms with Gasteiger partial charge in [0, 0.05) is 24.2 Å². The molecule has 0 unspecified atom stereocenters. The third-order valence-corrected chi connectivity index (χ3v) is 5.55. The molecular weight excluding hydrogens is 280 g/mol. The van der Waals surface area contributed by atoms with E-state index in [1.54, 1.807) is 11.3 Å². The Hall–Kier alpha value is -1.17. The van der Waals surface area contributed by atoms with Crippen LogP contribution in [0.1, 0.15) is 31.2 Å². The van der Waals surface area contributed by atoms with Crippen LogP contribution in [-0.4, -0.2) is 40.3 Å². The lowest BCUT2D eigenvalue weighted by Crippen LogP contribution is -2.43. The predicted octanol–water partition coefficient (Wildman–Crippen LogP) is 2.85. The number of rotatable bonds is 5. The van der Waals surface area contributed by atoms with Gasteiger partial charge >= 0.3 is 0 Å². The fourth-order valence-corrected chi connectivity index (χ4v) is 4.00. The molecule has 0 radical (unpaired) electrons. The maximum atomic E-state index is 4.22. The lowest BCUT2D eigenvalue weighted by molar-refractivity contribution is 0.189. The van der Waals surface area contributed by atoms with Gasteiger partial charge < -0.3 is 10.2 Å². The van der Waals surface area contributed by atoms with Gasteiger partial charge in [0.25, 0.3) is 0 Å². The number of piperidine rings is 1. The van der Waals surface area contributed by atoms with Crippen molar-refractivity contribution in [2.45, 2.75) is 44.3 Å². The molecule has 1 saturated heterocycles. The van der Waals surface area contributed by atoms with Crippen LogP contribution in [-0.2, 0) is 6.54 Å². The van der Waals surface area contributed by atoms with Crippen LogP contribution in [0, 0.1) is 0 Å². The summed E-state index contributed by atoms with van der Waals surface area (Å²) < 4.78 is 0. The molecule has 0 spiro atoms. The number of aromatic amines is 1. The average Bonchev–Trinajstić information content (AvgIpc) is 3.03. The standard InChI is InChI=1S/C16H22N4S/c1-2-15(21-9-1)16-12(11-18-19-16)10-17-13-5-7-20(8-6-13)14-3-4-14/h1-2,9,11,13-14,17H,3-8,10H2,(H,18,19). The first-order valence-electron chi connectivity index (χ1n) is 7.94. The highest BCUT2D eigenvalue weighted by Crippen LogP contribution is 2.29. The van der Waals surface area contributed by atoms with E-state index >= 15 is 0 Å². The molecule has 2 aromatic rings. The van der Waals surface area contributed by atoms with E-state index in [9.17, 15) is 0 Å². The second-order valence-electron chi connectivity index (χ2n) is 6.17. The van der Waals surface area contributed by atoms with Crippen LogP contribution in [0.4, 0.5) is 0 Å². The molecule has 2 aliphatic rings. The lowest BCUT2D eigenvalue weighted by atomic mass is 10.0. The quantitative estimate of drug-likeness (QED) is 0.892. The third kappa shape index (κ3) is 3.05. The van der Waals surface area contributed by atoms with E-state index in [4.69, 9.17) is 0 Å². The van der Waals surface area contributed by atoms with E-state index in [1.807, 2.05) is 6.20 Å². The molecule has 2 fully saturated rings. The minimum Gasteiger partial charge on any atom is -0.310 e. The summed E-state index contributed by atoms with van der Waals surface area (Å²) in [6, 6.07) is 5.82. The number of aromatic nitrogens is 2. The first-order valence-corrected chi connectivity index (χ1v) is 8.81. The second kappa shape index (κ2) is 5.91. The van der Waals surface area contributed by atoms with Crippen molar-refractivity contribution in [3.05, 3.63) is 29.3 Å². The highest BCUT2D eigenvalue weighted by atomic mass is 32.1. The van der Waals surface area contributed by atoms with Crippen molar-refractivity contribution in [3.8, 4) is 10.6 Å². The Kier molecular flexibility index (Phi) is 3.80. The summed E-state index contributed by atoms with van der Waals surface area (Å²) in [7, 11) is 0. The van der Waals surface area contributed by atoms with Gasteiger partial charge in [-0.05, 0) is 50.2 Å². The molecule has 21 heavy (non-hydrogen) atoms. The number of hydrogen-bond acceptors (Lipinski definition) is 4. The first-order chi connectivity index (χ1) is 10.4. The zero-order chi connectivity index (χ0) is 14.1. The Morgan fingerprint density at radius 3 is 2.86 bits per heavy atom. The van der Waals surface area contributed by atoms with Crippen LogP contribution in [0.3, 0.4) is 0 Å². The van der Waals surface area contributed by atoms with Gasteiger partial charge in [0.05, 0.1) is 16.8 Å². The Morgan fingerprint density at radius 2 is 2.14 bits per heavy atom. The first kappa shape index (κ1) is 13.5. The lowest BCUT2D eigenvalue weighted by Gasteiger charge is -2.32. The molecule has 4 nitrogen and oxygen atoms in total. The number of nitrogens with zero attached hydrogens (tertiary/aromatic N) is 2. The number of H-pyrrole nitrogens is 1. The number of likely N-dealkylation sites (tertiary alicyclic amines) is 1. The van der Waals surface area contributed by atoms with Crippen molar-refractivity contribution in [2.24, 2.45) is 0 Å². The molecule has 2 aromatic heterocycles. The molecule has 0 atom stereocenters. The molecule has 1 aliphatic heterocycles. The van der Waals surface area contributed by atoms with Gasteiger partial charge in [-0.25, -0.2) is 0 Å². The maximum absolute atomic E-state index is 4.22. The maximum Gasteiger partial charge on any atom is 0.0794 e. The summed E-state index contributed by atoms with van der Waals surface area (Å²) in [4.78, 5) is 3.94. The SMILES string of the molecule is c1csc(-c2[nH]ncc2CNC2CCN(C3CC3)CC2)c1. The third-order valence-electron chi connectivity index (χ3n) is 4.66. The van der Waals surface area contributed by atoms with E-state index in [1.165, 1.54) is 54.9 Å². The van der Waals surface area contributed by atoms with Crippen LogP contribution in [0.5, 0.6) is 0 Å². The minimum atomic E-state index is 0.658. The molecule has 1 saturated carbocycles. The zero-order valence-corrected chi connectivity index (χ0v) is 13.0. The highest BCUT2D eigenvalue weighted by Gasteiger charge is 2.31. The summed E-state index contributed by atoms with van der Waals surface area (Å²) in [5.41, 5.74) is 2.45. The van der Waals surface area contributed by atoms with Crippen molar-refractivity contribution in [1.82, 2.24) is 20.4 Å². The molecular formula is C16H22N4S. The Morgan fingerprint density at radius 1 is 1.29 bits per heavy atom. The van der Waals surface area contributed by atoms with Crippen molar-refractivity contribution < 1.29 is 0 Å². The summed E-state index contributed by atoms with van der Waals surface area (Å²) in [5.74, 6) is 0. The fraction of sp³-hybridized carbons (Fsp3) is 0.562. The van der Waals surface area contributed by atoms with E-state index in [2.05, 4.69) is 37.9 Å². The topological polar surface area (TPSA) is 44.0 Å². The zero-order valence-electron chi connectivity index (χ0n) is 12.2. The van der Waals surface area contributed by atoms with E-state index < -0.39 is 0 Å². The fourth-order valence-electron chi connectivity index (χ4n) is 3.24. The molecule has 5 heteroatoms. The van der Waals surface area contributed by atoms with Gasteiger partial charge in [0.1, 0.15) is 0 Å². The molecule has 0 bridgehead atoms. The molecule has 0 amide bonds. The van der Waals surface area contributed by atoms with E-state index in [0.29, 0.717) is 6.04 Å². The Bertz CT molecular complexity index is 565. The van der Waals surface area contributed by atoms with Gasteiger partial charge in [-0.1, -0.05) is 6.07 Å². The molecule has 112 valence electrons. The monoisotopic (exact) mass is 302 g/mol. The van der Waals surface area contributed by atoms with Crippen LogP contribution in [0.25, 0.3) is 10.6 Å². The van der Waals surface area contributed by atoms with Gasteiger partial charge in [0.2, 0.25) is 0 Å². The van der Waals surface area contributed by atoms with E-state index in [0.717, 1.165) is 12.6 Å². The van der Waals surface area contributed by atoms with Crippen LogP contribution in [0.15, 0.2) is 23.7 Å². The average molecular weight is 302 g/mol. The second-order valence-corrected chi connectivity index (χ2v) is 7.12. The minimum absolute atomic E-state index is 0.658. The summed E-state index contributed by atoms with van der Waals surface area (Å²) >= 11 is 1.76. The highest BCUT2D eigenvalue weighted by molar-refractivity contribution is 7.13. The molecule has 1 aliphatic carbocycles. The number of nitrogens with one attached hydrogen (secondary N) is 2. The van der Waals surface area contributed by atoms with Crippen LogP contribution in [0.2, 0.25) is 0 Å². The van der Waals surface area contributed by atoms with Crippen molar-refractivity contribution >= 4 is 11.3 Å². The summed E-state index contributed by atoms with van der Waals surface area (Å²) in [5, 5.41) is 13.2. The molecule has 0 aromatic carbocycles. The molecule has 4 rings (SSSR count). The number of hydrogen-bond donors (Lipinski definition) is 2. The van der Waals surface area contributed by atoms with Gasteiger partial charge in [-0.15, -0.1) is 11.3 Å². The summed E-state index contributed by atoms with van der Waals surface area (Å²) in [6.07, 6.45) is 7.38. The van der Waals surface area contributed by atoms with Crippen LogP contribution < -0.4 is 5.32 Å². The molecule has 3 heterocycles. The smallest absolute Gasteiger partial charge is 0.0794 e. The molecule has 2 N–H and O–H groups in total.